The highest BCUT2D eigenvalue weighted by atomic mass is 16.5. The van der Waals surface area contributed by atoms with Gasteiger partial charge in [-0.25, -0.2) is 0 Å². The third-order valence-electron chi connectivity index (χ3n) is 3.00. The van der Waals surface area contributed by atoms with E-state index in [-0.39, 0.29) is 11.8 Å². The molecule has 20 heavy (non-hydrogen) atoms. The lowest BCUT2D eigenvalue weighted by molar-refractivity contribution is -0.124. The summed E-state index contributed by atoms with van der Waals surface area (Å²) in [4.78, 5) is 11.9. The van der Waals surface area contributed by atoms with Crippen LogP contribution in [0.2, 0.25) is 0 Å². The monoisotopic (exact) mass is 276 g/mol. The van der Waals surface area contributed by atoms with Crippen LogP contribution in [0.5, 0.6) is 11.5 Å². The van der Waals surface area contributed by atoms with Gasteiger partial charge >= 0.3 is 0 Å². The normalized spacial score (nSPS) is 11.6. The summed E-state index contributed by atoms with van der Waals surface area (Å²) in [6, 6.07) is 7.45. The minimum absolute atomic E-state index is 0.00889. The molecule has 1 N–H and O–H groups in total. The Balaban J connectivity index is 2.71. The van der Waals surface area contributed by atoms with Gasteiger partial charge in [-0.3, -0.25) is 4.79 Å². The van der Waals surface area contributed by atoms with Gasteiger partial charge in [-0.1, -0.05) is 19.9 Å². The zero-order valence-corrected chi connectivity index (χ0v) is 12.3. The van der Waals surface area contributed by atoms with Gasteiger partial charge in [-0.05, 0) is 23.6 Å². The average molecular weight is 276 g/mol. The Bertz CT molecular complexity index is 506. The van der Waals surface area contributed by atoms with E-state index in [4.69, 9.17) is 14.7 Å². The molecule has 5 heteroatoms. The molecule has 1 rings (SSSR count). The van der Waals surface area contributed by atoms with E-state index >= 15 is 0 Å². The molecule has 0 saturated carbocycles. The molecule has 0 fully saturated rings. The number of nitrogens with zero attached hydrogens (tertiary/aromatic N) is 1. The lowest BCUT2D eigenvalue weighted by Gasteiger charge is -2.14. The van der Waals surface area contributed by atoms with Crippen molar-refractivity contribution >= 4 is 5.91 Å². The molecule has 0 heterocycles. The molecule has 0 bridgehead atoms. The van der Waals surface area contributed by atoms with E-state index in [9.17, 15) is 4.79 Å². The number of rotatable bonds is 6. The Kier molecular flexibility index (Phi) is 5.85. The zero-order valence-electron chi connectivity index (χ0n) is 12.3. The largest absolute Gasteiger partial charge is 0.493 e. The fourth-order valence-electron chi connectivity index (χ4n) is 1.80. The second-order valence-corrected chi connectivity index (χ2v) is 4.76. The van der Waals surface area contributed by atoms with Crippen LogP contribution in [0.3, 0.4) is 0 Å². The molecule has 0 radical (unpaired) electrons. The number of carbonyl (C=O) groups is 1. The first-order chi connectivity index (χ1) is 9.53. The van der Waals surface area contributed by atoms with E-state index in [2.05, 4.69) is 5.32 Å². The standard InChI is InChI=1S/C15H20N2O3/c1-10(2)12(8-16)15(18)17-9-11-5-6-13(19-3)14(7-11)20-4/h5-7,10,12H,9H2,1-4H3,(H,17,18). The van der Waals surface area contributed by atoms with Gasteiger partial charge < -0.3 is 14.8 Å². The van der Waals surface area contributed by atoms with Crippen molar-refractivity contribution in [3.05, 3.63) is 23.8 Å². The quantitative estimate of drug-likeness (QED) is 0.864. The van der Waals surface area contributed by atoms with Gasteiger partial charge in [0.15, 0.2) is 11.5 Å². The Morgan fingerprint density at radius 2 is 1.95 bits per heavy atom. The predicted octanol–water partition coefficient (Wildman–Crippen LogP) is 2.12. The summed E-state index contributed by atoms with van der Waals surface area (Å²) in [5.74, 6) is 0.359. The van der Waals surface area contributed by atoms with Gasteiger partial charge in [0.1, 0.15) is 5.92 Å². The number of ether oxygens (including phenoxy) is 2. The number of benzene rings is 1. The third-order valence-corrected chi connectivity index (χ3v) is 3.00. The molecule has 108 valence electrons. The SMILES string of the molecule is COc1ccc(CNC(=O)C(C#N)C(C)C)cc1OC. The lowest BCUT2D eigenvalue weighted by Crippen LogP contribution is -2.32. The van der Waals surface area contributed by atoms with Crippen LogP contribution in [0.1, 0.15) is 19.4 Å². The van der Waals surface area contributed by atoms with Crippen LogP contribution in [0, 0.1) is 23.2 Å². The molecule has 5 nitrogen and oxygen atoms in total. The van der Waals surface area contributed by atoms with Crippen LogP contribution in [-0.2, 0) is 11.3 Å². The zero-order chi connectivity index (χ0) is 15.1. The van der Waals surface area contributed by atoms with E-state index < -0.39 is 5.92 Å². The molecule has 0 aromatic heterocycles. The summed E-state index contributed by atoms with van der Waals surface area (Å²) in [6.45, 7) is 4.05. The van der Waals surface area contributed by atoms with Crippen LogP contribution in [0.25, 0.3) is 0 Å². The minimum atomic E-state index is -0.629. The maximum absolute atomic E-state index is 11.9. The number of nitrogens with one attached hydrogen (secondary N) is 1. The molecule has 1 aromatic carbocycles. The first-order valence-electron chi connectivity index (χ1n) is 6.41. The van der Waals surface area contributed by atoms with Crippen molar-refractivity contribution in [1.29, 1.82) is 5.26 Å². The molecule has 0 aliphatic heterocycles. The highest BCUT2D eigenvalue weighted by Gasteiger charge is 2.21. The molecule has 1 amide bonds. The fraction of sp³-hybridized carbons (Fsp3) is 0.467. The third kappa shape index (κ3) is 3.89. The lowest BCUT2D eigenvalue weighted by atomic mass is 9.96. The predicted molar refractivity (Wildman–Crippen MR) is 75.3 cm³/mol. The molecular formula is C15H20N2O3. The number of hydrogen-bond donors (Lipinski definition) is 1. The van der Waals surface area contributed by atoms with Crippen molar-refractivity contribution in [2.45, 2.75) is 20.4 Å². The second-order valence-electron chi connectivity index (χ2n) is 4.76. The van der Waals surface area contributed by atoms with Crippen LogP contribution in [0.15, 0.2) is 18.2 Å². The van der Waals surface area contributed by atoms with Crippen molar-refractivity contribution in [3.8, 4) is 17.6 Å². The van der Waals surface area contributed by atoms with Crippen molar-refractivity contribution in [2.75, 3.05) is 14.2 Å². The molecule has 0 spiro atoms. The van der Waals surface area contributed by atoms with Crippen LogP contribution >= 0.6 is 0 Å². The summed E-state index contributed by atoms with van der Waals surface area (Å²) in [7, 11) is 3.13. The first-order valence-corrected chi connectivity index (χ1v) is 6.41. The molecule has 0 aliphatic carbocycles. The molecule has 0 saturated heterocycles. The number of nitriles is 1. The van der Waals surface area contributed by atoms with E-state index in [1.54, 1.807) is 26.4 Å². The van der Waals surface area contributed by atoms with Crippen molar-refractivity contribution in [3.63, 3.8) is 0 Å². The summed E-state index contributed by atoms with van der Waals surface area (Å²) < 4.78 is 10.3. The Morgan fingerprint density at radius 1 is 1.30 bits per heavy atom. The number of hydrogen-bond acceptors (Lipinski definition) is 4. The van der Waals surface area contributed by atoms with E-state index in [1.165, 1.54) is 0 Å². The van der Waals surface area contributed by atoms with Crippen molar-refractivity contribution in [2.24, 2.45) is 11.8 Å². The average Bonchev–Trinajstić information content (AvgIpc) is 2.45. The minimum Gasteiger partial charge on any atom is -0.493 e. The van der Waals surface area contributed by atoms with E-state index in [1.807, 2.05) is 26.0 Å². The van der Waals surface area contributed by atoms with Crippen molar-refractivity contribution < 1.29 is 14.3 Å². The topological polar surface area (TPSA) is 71.3 Å². The van der Waals surface area contributed by atoms with Gasteiger partial charge in [0.25, 0.3) is 0 Å². The van der Waals surface area contributed by atoms with Gasteiger partial charge in [-0.2, -0.15) is 5.26 Å². The molecule has 1 unspecified atom stereocenters. The fourth-order valence-corrected chi connectivity index (χ4v) is 1.80. The Morgan fingerprint density at radius 3 is 2.45 bits per heavy atom. The van der Waals surface area contributed by atoms with E-state index in [0.29, 0.717) is 18.0 Å². The number of amides is 1. The van der Waals surface area contributed by atoms with E-state index in [0.717, 1.165) is 5.56 Å². The molecule has 1 aromatic rings. The van der Waals surface area contributed by atoms with Gasteiger partial charge in [0.2, 0.25) is 5.91 Å². The maximum Gasteiger partial charge on any atom is 0.237 e. The van der Waals surface area contributed by atoms with Gasteiger partial charge in [-0.15, -0.1) is 0 Å². The second kappa shape index (κ2) is 7.39. The van der Waals surface area contributed by atoms with Crippen LogP contribution < -0.4 is 14.8 Å². The smallest absolute Gasteiger partial charge is 0.237 e. The highest BCUT2D eigenvalue weighted by Crippen LogP contribution is 2.27. The summed E-state index contributed by atoms with van der Waals surface area (Å²) in [6.07, 6.45) is 0. The van der Waals surface area contributed by atoms with Gasteiger partial charge in [0, 0.05) is 6.54 Å². The summed E-state index contributed by atoms with van der Waals surface area (Å²) in [5.41, 5.74) is 0.886. The first kappa shape index (κ1) is 15.8. The van der Waals surface area contributed by atoms with Crippen LogP contribution in [-0.4, -0.2) is 20.1 Å². The number of methoxy groups -OCH3 is 2. The molecular weight excluding hydrogens is 256 g/mol. The van der Waals surface area contributed by atoms with Crippen LogP contribution in [0.4, 0.5) is 0 Å². The molecule has 0 aliphatic rings. The molecule has 1 atom stereocenters. The summed E-state index contributed by atoms with van der Waals surface area (Å²) in [5, 5.41) is 11.7. The Hall–Kier alpha value is -2.22. The van der Waals surface area contributed by atoms with Crippen molar-refractivity contribution in [1.82, 2.24) is 5.32 Å². The maximum atomic E-state index is 11.9. The van der Waals surface area contributed by atoms with Gasteiger partial charge in [0.05, 0.1) is 20.3 Å². The highest BCUT2D eigenvalue weighted by molar-refractivity contribution is 5.81. The Labute approximate surface area is 119 Å². The summed E-state index contributed by atoms with van der Waals surface area (Å²) >= 11 is 0. The number of carbonyl (C=O) groups excluding carboxylic acids is 1.